The van der Waals surface area contributed by atoms with Crippen LogP contribution in [0.15, 0.2) is 24.3 Å². The molecule has 0 heterocycles. The van der Waals surface area contributed by atoms with Crippen LogP contribution in [-0.4, -0.2) is 18.7 Å². The summed E-state index contributed by atoms with van der Waals surface area (Å²) >= 11 is 0. The molecule has 0 aromatic heterocycles. The molecule has 1 aromatic rings. The van der Waals surface area contributed by atoms with Crippen molar-refractivity contribution in [3.63, 3.8) is 0 Å². The van der Waals surface area contributed by atoms with Gasteiger partial charge in [-0.05, 0) is 37.1 Å². The van der Waals surface area contributed by atoms with Crippen molar-refractivity contribution < 1.29 is 14.3 Å². The number of ketones is 2. The number of Topliss-reactive ketones (excluding diaryl/α,β-unsaturated/α-hetero) is 2. The number of carbonyl (C=O) groups is 2. The first kappa shape index (κ1) is 13.8. The van der Waals surface area contributed by atoms with Crippen LogP contribution in [0.1, 0.15) is 48.9 Å². The van der Waals surface area contributed by atoms with Gasteiger partial charge in [0.05, 0.1) is 7.11 Å². The lowest BCUT2D eigenvalue weighted by Gasteiger charge is -2.12. The molecule has 2 rings (SSSR count). The first-order valence-corrected chi connectivity index (χ1v) is 6.90. The van der Waals surface area contributed by atoms with Gasteiger partial charge in [-0.3, -0.25) is 9.59 Å². The van der Waals surface area contributed by atoms with Gasteiger partial charge >= 0.3 is 0 Å². The molecule has 3 nitrogen and oxygen atoms in total. The lowest BCUT2D eigenvalue weighted by atomic mass is 9.91. The number of ether oxygens (including phenoxy) is 1. The minimum Gasteiger partial charge on any atom is -0.497 e. The normalized spacial score (nSPS) is 19.8. The van der Waals surface area contributed by atoms with Crippen LogP contribution >= 0.6 is 0 Å². The molecular formula is C16H20O3. The van der Waals surface area contributed by atoms with E-state index >= 15 is 0 Å². The van der Waals surface area contributed by atoms with E-state index < -0.39 is 0 Å². The molecule has 0 aliphatic heterocycles. The van der Waals surface area contributed by atoms with Crippen molar-refractivity contribution in [1.29, 1.82) is 0 Å². The van der Waals surface area contributed by atoms with Gasteiger partial charge in [0.25, 0.3) is 0 Å². The highest BCUT2D eigenvalue weighted by atomic mass is 16.5. The summed E-state index contributed by atoms with van der Waals surface area (Å²) < 4.78 is 5.07. The number of benzene rings is 1. The zero-order valence-corrected chi connectivity index (χ0v) is 11.4. The molecule has 1 fully saturated rings. The zero-order chi connectivity index (χ0) is 13.7. The first-order valence-electron chi connectivity index (χ1n) is 6.90. The Kier molecular flexibility index (Phi) is 4.72. The van der Waals surface area contributed by atoms with E-state index in [2.05, 4.69) is 0 Å². The molecule has 102 valence electrons. The van der Waals surface area contributed by atoms with Crippen LogP contribution in [0.2, 0.25) is 0 Å². The monoisotopic (exact) mass is 260 g/mol. The summed E-state index contributed by atoms with van der Waals surface area (Å²) in [5.41, 5.74) is 0.665. The van der Waals surface area contributed by atoms with Crippen LogP contribution in [0.3, 0.4) is 0 Å². The lowest BCUT2D eigenvalue weighted by molar-refractivity contribution is -0.122. The number of methoxy groups -OCH3 is 1. The first-order chi connectivity index (χ1) is 9.20. The molecule has 1 atom stereocenters. The van der Waals surface area contributed by atoms with Crippen LogP contribution in [0.25, 0.3) is 0 Å². The van der Waals surface area contributed by atoms with E-state index in [9.17, 15) is 9.59 Å². The van der Waals surface area contributed by atoms with Crippen LogP contribution < -0.4 is 4.74 Å². The molecule has 3 heteroatoms. The number of hydrogen-bond acceptors (Lipinski definition) is 3. The second kappa shape index (κ2) is 6.50. The van der Waals surface area contributed by atoms with Crippen LogP contribution in [0.5, 0.6) is 5.75 Å². The van der Waals surface area contributed by atoms with Gasteiger partial charge in [-0.2, -0.15) is 0 Å². The van der Waals surface area contributed by atoms with Crippen molar-refractivity contribution in [2.45, 2.75) is 38.5 Å². The van der Waals surface area contributed by atoms with Crippen LogP contribution in [-0.2, 0) is 4.79 Å². The molecule has 0 amide bonds. The van der Waals surface area contributed by atoms with Gasteiger partial charge in [-0.25, -0.2) is 0 Å². The van der Waals surface area contributed by atoms with Crippen molar-refractivity contribution in [3.05, 3.63) is 29.8 Å². The van der Waals surface area contributed by atoms with Gasteiger partial charge in [-0.1, -0.05) is 12.8 Å². The summed E-state index contributed by atoms with van der Waals surface area (Å²) in [5.74, 6) is 0.987. The molecule has 1 saturated carbocycles. The van der Waals surface area contributed by atoms with Gasteiger partial charge in [-0.15, -0.1) is 0 Å². The minimum atomic E-state index is -0.0721. The average Bonchev–Trinajstić information content (AvgIpc) is 2.64. The molecule has 1 aromatic carbocycles. The SMILES string of the molecule is COc1ccc(C(=O)CC2CCCCCC2=O)cc1. The molecule has 0 radical (unpaired) electrons. The van der Waals surface area contributed by atoms with Crippen molar-refractivity contribution >= 4 is 11.6 Å². The lowest BCUT2D eigenvalue weighted by Crippen LogP contribution is -2.17. The molecular weight excluding hydrogens is 240 g/mol. The highest BCUT2D eigenvalue weighted by Crippen LogP contribution is 2.24. The maximum absolute atomic E-state index is 12.2. The molecule has 1 aliphatic rings. The van der Waals surface area contributed by atoms with Crippen LogP contribution in [0.4, 0.5) is 0 Å². The Hall–Kier alpha value is -1.64. The Morgan fingerprint density at radius 3 is 2.63 bits per heavy atom. The van der Waals surface area contributed by atoms with Gasteiger partial charge < -0.3 is 4.74 Å². The Labute approximate surface area is 114 Å². The third-order valence-electron chi connectivity index (χ3n) is 3.77. The number of carbonyl (C=O) groups excluding carboxylic acids is 2. The summed E-state index contributed by atoms with van der Waals surface area (Å²) in [6.07, 6.45) is 5.00. The summed E-state index contributed by atoms with van der Waals surface area (Å²) in [6, 6.07) is 7.09. The fraction of sp³-hybridized carbons (Fsp3) is 0.500. The van der Waals surface area contributed by atoms with Crippen molar-refractivity contribution in [3.8, 4) is 5.75 Å². The van der Waals surface area contributed by atoms with E-state index in [-0.39, 0.29) is 17.5 Å². The van der Waals surface area contributed by atoms with E-state index in [1.807, 2.05) is 0 Å². The average molecular weight is 260 g/mol. The third kappa shape index (κ3) is 3.66. The summed E-state index contributed by atoms with van der Waals surface area (Å²) in [7, 11) is 1.60. The topological polar surface area (TPSA) is 43.4 Å². The molecule has 19 heavy (non-hydrogen) atoms. The summed E-state index contributed by atoms with van der Waals surface area (Å²) in [5, 5.41) is 0. The predicted octanol–water partition coefficient (Wildman–Crippen LogP) is 3.42. The highest BCUT2D eigenvalue weighted by Gasteiger charge is 2.23. The third-order valence-corrected chi connectivity index (χ3v) is 3.77. The van der Waals surface area contributed by atoms with Gasteiger partial charge in [0.15, 0.2) is 5.78 Å². The maximum atomic E-state index is 12.2. The molecule has 1 unspecified atom stereocenters. The minimum absolute atomic E-state index is 0.0582. The summed E-state index contributed by atoms with van der Waals surface area (Å²) in [6.45, 7) is 0. The van der Waals surface area contributed by atoms with Crippen LogP contribution in [0, 0.1) is 5.92 Å². The van der Waals surface area contributed by atoms with E-state index in [1.54, 1.807) is 31.4 Å². The second-order valence-corrected chi connectivity index (χ2v) is 5.12. The van der Waals surface area contributed by atoms with E-state index in [4.69, 9.17) is 4.74 Å². The molecule has 0 spiro atoms. The van der Waals surface area contributed by atoms with E-state index in [0.717, 1.165) is 31.4 Å². The molecule has 0 N–H and O–H groups in total. The second-order valence-electron chi connectivity index (χ2n) is 5.12. The molecule has 0 saturated heterocycles. The Morgan fingerprint density at radius 2 is 1.95 bits per heavy atom. The number of rotatable bonds is 4. The molecule has 0 bridgehead atoms. The van der Waals surface area contributed by atoms with Crippen molar-refractivity contribution in [2.24, 2.45) is 5.92 Å². The molecule has 1 aliphatic carbocycles. The van der Waals surface area contributed by atoms with Crippen molar-refractivity contribution in [1.82, 2.24) is 0 Å². The van der Waals surface area contributed by atoms with E-state index in [0.29, 0.717) is 18.4 Å². The fourth-order valence-electron chi connectivity index (χ4n) is 2.57. The predicted molar refractivity (Wildman–Crippen MR) is 73.5 cm³/mol. The van der Waals surface area contributed by atoms with E-state index in [1.165, 1.54) is 0 Å². The zero-order valence-electron chi connectivity index (χ0n) is 11.4. The van der Waals surface area contributed by atoms with Gasteiger partial charge in [0.2, 0.25) is 0 Å². The van der Waals surface area contributed by atoms with Gasteiger partial charge in [0, 0.05) is 24.3 Å². The largest absolute Gasteiger partial charge is 0.497 e. The Bertz CT molecular complexity index is 448. The summed E-state index contributed by atoms with van der Waals surface area (Å²) in [4.78, 5) is 24.1. The maximum Gasteiger partial charge on any atom is 0.163 e. The smallest absolute Gasteiger partial charge is 0.163 e. The Morgan fingerprint density at radius 1 is 1.21 bits per heavy atom. The Balaban J connectivity index is 2.00. The van der Waals surface area contributed by atoms with Gasteiger partial charge in [0.1, 0.15) is 11.5 Å². The fourth-order valence-corrected chi connectivity index (χ4v) is 2.57. The quantitative estimate of drug-likeness (QED) is 0.615. The van der Waals surface area contributed by atoms with Crippen molar-refractivity contribution in [2.75, 3.05) is 7.11 Å². The highest BCUT2D eigenvalue weighted by molar-refractivity contribution is 5.99. The standard InChI is InChI=1S/C16H20O3/c1-19-14-9-7-12(8-10-14)16(18)11-13-5-3-2-4-6-15(13)17/h7-10,13H,2-6,11H2,1H3. The number of hydrogen-bond donors (Lipinski definition) is 0.